The van der Waals surface area contributed by atoms with E-state index < -0.39 is 0 Å². The van der Waals surface area contributed by atoms with Gasteiger partial charge in [0, 0.05) is 35.7 Å². The molecule has 0 unspecified atom stereocenters. The lowest BCUT2D eigenvalue weighted by molar-refractivity contribution is 0.236. The van der Waals surface area contributed by atoms with E-state index >= 15 is 0 Å². The van der Waals surface area contributed by atoms with Crippen molar-refractivity contribution in [2.24, 2.45) is 0 Å². The molecule has 4 rings (SSSR count). The zero-order chi connectivity index (χ0) is 20.2. The average Bonchev–Trinajstić information content (AvgIpc) is 3.28. The number of carbonyl (C=O) groups excluding carboxylic acids is 1. The zero-order valence-electron chi connectivity index (χ0n) is 15.5. The first-order valence-corrected chi connectivity index (χ1v) is 9.68. The molecule has 2 amide bonds. The van der Waals surface area contributed by atoms with Gasteiger partial charge in [-0.15, -0.1) is 11.3 Å². The summed E-state index contributed by atoms with van der Waals surface area (Å²) in [5.74, 6) is 6.54. The first-order valence-electron chi connectivity index (χ1n) is 8.80. The van der Waals surface area contributed by atoms with Crippen LogP contribution in [0.2, 0.25) is 0 Å². The lowest BCUT2D eigenvalue weighted by atomic mass is 10.2. The number of nitrogens with one attached hydrogen (secondary N) is 1. The molecule has 1 atom stereocenters. The van der Waals surface area contributed by atoms with Gasteiger partial charge >= 0.3 is 6.03 Å². The summed E-state index contributed by atoms with van der Waals surface area (Å²) in [7, 11) is 0. The predicted octanol–water partition coefficient (Wildman–Crippen LogP) is 1.98. The maximum atomic E-state index is 12.8. The maximum absolute atomic E-state index is 12.8. The Bertz CT molecular complexity index is 1070. The minimum absolute atomic E-state index is 0.191. The number of pyridine rings is 1. The van der Waals surface area contributed by atoms with Gasteiger partial charge in [0.15, 0.2) is 0 Å². The Labute approximate surface area is 171 Å². The maximum Gasteiger partial charge on any atom is 0.322 e. The molecule has 0 fully saturated rings. The molecule has 0 spiro atoms. The standard InChI is InChI=1S/C19H17N7O2S/c1-12(17-21-4-7-29-17)25-19(27)26-5-6-28-16-15(26)8-13(9-22-16)2-3-14-10-23-18(20)24-11-14/h4,7-12H,5-6H2,1H3,(H,25,27)(H2,20,23,24)/t12-/m0/s1. The van der Waals surface area contributed by atoms with Crippen LogP contribution in [0.25, 0.3) is 0 Å². The summed E-state index contributed by atoms with van der Waals surface area (Å²) in [5.41, 5.74) is 7.31. The van der Waals surface area contributed by atoms with E-state index in [1.54, 1.807) is 35.8 Å². The SMILES string of the molecule is C[C@H](NC(=O)N1CCOc2ncc(C#Cc3cnc(N)nc3)cc21)c1nccs1. The Morgan fingerprint density at radius 1 is 1.24 bits per heavy atom. The number of nitrogens with two attached hydrogens (primary N) is 1. The van der Waals surface area contributed by atoms with Crippen LogP contribution in [0, 0.1) is 11.8 Å². The minimum atomic E-state index is -0.240. The number of fused-ring (bicyclic) bond motifs is 1. The van der Waals surface area contributed by atoms with Crippen molar-refractivity contribution in [1.82, 2.24) is 25.3 Å². The van der Waals surface area contributed by atoms with E-state index in [4.69, 9.17) is 10.5 Å². The number of carbonyl (C=O) groups is 1. The molecule has 3 N–H and O–H groups in total. The van der Waals surface area contributed by atoms with Gasteiger partial charge in [-0.2, -0.15) is 0 Å². The summed E-state index contributed by atoms with van der Waals surface area (Å²) in [6.07, 6.45) is 6.41. The third-order valence-corrected chi connectivity index (χ3v) is 5.06. The minimum Gasteiger partial charge on any atom is -0.474 e. The van der Waals surface area contributed by atoms with Gasteiger partial charge in [0.05, 0.1) is 18.2 Å². The number of anilines is 2. The van der Waals surface area contributed by atoms with Crippen molar-refractivity contribution in [3.8, 4) is 17.7 Å². The van der Waals surface area contributed by atoms with Crippen LogP contribution in [0.5, 0.6) is 5.88 Å². The third-order valence-electron chi connectivity index (χ3n) is 4.11. The number of aromatic nitrogens is 4. The van der Waals surface area contributed by atoms with Gasteiger partial charge in [-0.05, 0) is 13.0 Å². The van der Waals surface area contributed by atoms with Crippen LogP contribution in [0.4, 0.5) is 16.4 Å². The first-order chi connectivity index (χ1) is 14.1. The van der Waals surface area contributed by atoms with E-state index in [9.17, 15) is 4.79 Å². The fourth-order valence-electron chi connectivity index (χ4n) is 2.70. The van der Waals surface area contributed by atoms with E-state index in [2.05, 4.69) is 37.1 Å². The second-order valence-electron chi connectivity index (χ2n) is 6.17. The van der Waals surface area contributed by atoms with Gasteiger partial charge in [0.1, 0.15) is 17.3 Å². The van der Waals surface area contributed by atoms with Crippen molar-refractivity contribution in [1.29, 1.82) is 0 Å². The zero-order valence-corrected chi connectivity index (χ0v) is 16.3. The predicted molar refractivity (Wildman–Crippen MR) is 109 cm³/mol. The molecule has 1 aliphatic heterocycles. The van der Waals surface area contributed by atoms with Gasteiger partial charge in [0.2, 0.25) is 11.8 Å². The molecule has 0 saturated carbocycles. The molecule has 0 bridgehead atoms. The molecular formula is C19H17N7O2S. The molecule has 29 heavy (non-hydrogen) atoms. The number of hydrogen-bond donors (Lipinski definition) is 2. The lowest BCUT2D eigenvalue weighted by Gasteiger charge is -2.29. The monoisotopic (exact) mass is 407 g/mol. The van der Waals surface area contributed by atoms with Crippen molar-refractivity contribution in [2.45, 2.75) is 13.0 Å². The topological polar surface area (TPSA) is 119 Å². The summed E-state index contributed by atoms with van der Waals surface area (Å²) in [5, 5.41) is 5.68. The molecule has 0 aromatic carbocycles. The van der Waals surface area contributed by atoms with Crippen LogP contribution >= 0.6 is 11.3 Å². The number of nitrogen functional groups attached to an aromatic ring is 1. The highest BCUT2D eigenvalue weighted by atomic mass is 32.1. The van der Waals surface area contributed by atoms with Crippen molar-refractivity contribution in [2.75, 3.05) is 23.8 Å². The fourth-order valence-corrected chi connectivity index (χ4v) is 3.34. The Morgan fingerprint density at radius 3 is 2.76 bits per heavy atom. The van der Waals surface area contributed by atoms with E-state index in [1.807, 2.05) is 12.3 Å². The molecular weight excluding hydrogens is 390 g/mol. The van der Waals surface area contributed by atoms with E-state index in [0.29, 0.717) is 35.8 Å². The van der Waals surface area contributed by atoms with E-state index in [0.717, 1.165) is 5.01 Å². The van der Waals surface area contributed by atoms with Gasteiger partial charge in [-0.25, -0.2) is 24.7 Å². The van der Waals surface area contributed by atoms with E-state index in [1.165, 1.54) is 11.3 Å². The first kappa shape index (κ1) is 18.6. The highest BCUT2D eigenvalue weighted by molar-refractivity contribution is 7.09. The Hall–Kier alpha value is -3.71. The van der Waals surface area contributed by atoms with Crippen molar-refractivity contribution < 1.29 is 9.53 Å². The molecule has 0 radical (unpaired) electrons. The van der Waals surface area contributed by atoms with Crippen LogP contribution in [-0.2, 0) is 0 Å². The Balaban J connectivity index is 1.55. The third kappa shape index (κ3) is 4.25. The normalized spacial score (nSPS) is 13.5. The van der Waals surface area contributed by atoms with Crippen LogP contribution in [-0.4, -0.2) is 39.1 Å². The molecule has 10 heteroatoms. The van der Waals surface area contributed by atoms with Gasteiger partial charge in [0.25, 0.3) is 0 Å². The smallest absolute Gasteiger partial charge is 0.322 e. The molecule has 4 heterocycles. The largest absolute Gasteiger partial charge is 0.474 e. The summed E-state index contributed by atoms with van der Waals surface area (Å²) < 4.78 is 5.59. The van der Waals surface area contributed by atoms with Crippen LogP contribution < -0.4 is 20.7 Å². The molecule has 146 valence electrons. The van der Waals surface area contributed by atoms with Crippen molar-refractivity contribution >= 4 is 29.0 Å². The Morgan fingerprint density at radius 2 is 2.00 bits per heavy atom. The number of thiazole rings is 1. The summed E-state index contributed by atoms with van der Waals surface area (Å²) in [6.45, 7) is 2.67. The van der Waals surface area contributed by atoms with Crippen LogP contribution in [0.1, 0.15) is 29.1 Å². The van der Waals surface area contributed by atoms with Gasteiger partial charge in [-0.1, -0.05) is 11.8 Å². The highest BCUT2D eigenvalue weighted by Crippen LogP contribution is 2.30. The average molecular weight is 407 g/mol. The lowest BCUT2D eigenvalue weighted by Crippen LogP contribution is -2.45. The van der Waals surface area contributed by atoms with Crippen LogP contribution in [0.3, 0.4) is 0 Å². The molecule has 0 saturated heterocycles. The summed E-state index contributed by atoms with van der Waals surface area (Å²) in [4.78, 5) is 30.8. The van der Waals surface area contributed by atoms with E-state index in [-0.39, 0.29) is 18.0 Å². The molecule has 9 nitrogen and oxygen atoms in total. The fraction of sp³-hybridized carbons (Fsp3) is 0.211. The van der Waals surface area contributed by atoms with Crippen molar-refractivity contribution in [3.63, 3.8) is 0 Å². The molecule has 1 aliphatic rings. The second kappa shape index (κ2) is 8.12. The second-order valence-corrected chi connectivity index (χ2v) is 7.10. The summed E-state index contributed by atoms with van der Waals surface area (Å²) >= 11 is 1.50. The molecule has 3 aromatic rings. The van der Waals surface area contributed by atoms with Crippen molar-refractivity contribution in [3.05, 3.63) is 52.4 Å². The quantitative estimate of drug-likeness (QED) is 0.623. The van der Waals surface area contributed by atoms with Crippen LogP contribution in [0.15, 0.2) is 36.2 Å². The Kier molecular flexibility index (Phi) is 5.22. The summed E-state index contributed by atoms with van der Waals surface area (Å²) in [6, 6.07) is 1.34. The number of nitrogens with zero attached hydrogens (tertiary/aromatic N) is 5. The highest BCUT2D eigenvalue weighted by Gasteiger charge is 2.26. The molecule has 3 aromatic heterocycles. The van der Waals surface area contributed by atoms with Gasteiger partial charge in [-0.3, -0.25) is 4.90 Å². The number of rotatable bonds is 2. The number of ether oxygens (including phenoxy) is 1. The number of amides is 2. The van der Waals surface area contributed by atoms with Gasteiger partial charge < -0.3 is 15.8 Å². The number of urea groups is 1. The molecule has 0 aliphatic carbocycles. The number of hydrogen-bond acceptors (Lipinski definition) is 8.